The van der Waals surface area contributed by atoms with Gasteiger partial charge < -0.3 is 14.8 Å². The SMILES string of the molecule is CCOc1ccccc1OCCCC(=O)Nc1cccnc1. The number of para-hydroxylation sites is 2. The topological polar surface area (TPSA) is 60.5 Å². The molecule has 1 amide bonds. The van der Waals surface area contributed by atoms with Gasteiger partial charge in [-0.3, -0.25) is 9.78 Å². The van der Waals surface area contributed by atoms with E-state index in [1.807, 2.05) is 31.2 Å². The van der Waals surface area contributed by atoms with Crippen molar-refractivity contribution in [3.63, 3.8) is 0 Å². The van der Waals surface area contributed by atoms with E-state index in [0.29, 0.717) is 37.5 Å². The fourth-order valence-corrected chi connectivity index (χ4v) is 1.92. The molecule has 0 saturated heterocycles. The third kappa shape index (κ3) is 5.09. The van der Waals surface area contributed by atoms with Gasteiger partial charge >= 0.3 is 0 Å². The molecule has 2 rings (SSSR count). The van der Waals surface area contributed by atoms with E-state index in [2.05, 4.69) is 10.3 Å². The highest BCUT2D eigenvalue weighted by atomic mass is 16.5. The van der Waals surface area contributed by atoms with Crippen LogP contribution < -0.4 is 14.8 Å². The number of hydrogen-bond acceptors (Lipinski definition) is 4. The Bertz CT molecular complexity index is 587. The lowest BCUT2D eigenvalue weighted by atomic mass is 10.3. The van der Waals surface area contributed by atoms with Gasteiger partial charge in [-0.1, -0.05) is 12.1 Å². The smallest absolute Gasteiger partial charge is 0.224 e. The van der Waals surface area contributed by atoms with Gasteiger partial charge in [-0.2, -0.15) is 0 Å². The van der Waals surface area contributed by atoms with Crippen molar-refractivity contribution in [3.05, 3.63) is 48.8 Å². The average Bonchev–Trinajstić information content (AvgIpc) is 2.54. The van der Waals surface area contributed by atoms with Gasteiger partial charge in [0.2, 0.25) is 5.91 Å². The molecule has 2 aromatic rings. The summed E-state index contributed by atoms with van der Waals surface area (Å²) in [5.74, 6) is 1.39. The lowest BCUT2D eigenvalue weighted by Crippen LogP contribution is -2.13. The molecule has 1 heterocycles. The Labute approximate surface area is 130 Å². The van der Waals surface area contributed by atoms with Crippen molar-refractivity contribution in [1.29, 1.82) is 0 Å². The third-order valence-electron chi connectivity index (χ3n) is 2.90. The van der Waals surface area contributed by atoms with Crippen molar-refractivity contribution in [2.75, 3.05) is 18.5 Å². The van der Waals surface area contributed by atoms with Crippen LogP contribution in [0.5, 0.6) is 11.5 Å². The summed E-state index contributed by atoms with van der Waals surface area (Å²) >= 11 is 0. The lowest BCUT2D eigenvalue weighted by Gasteiger charge is -2.11. The van der Waals surface area contributed by atoms with E-state index < -0.39 is 0 Å². The maximum atomic E-state index is 11.8. The minimum absolute atomic E-state index is 0.0466. The first-order valence-electron chi connectivity index (χ1n) is 7.34. The second kappa shape index (κ2) is 8.67. The van der Waals surface area contributed by atoms with Crippen LogP contribution in [0.3, 0.4) is 0 Å². The summed E-state index contributed by atoms with van der Waals surface area (Å²) in [5.41, 5.74) is 0.704. The number of hydrogen-bond donors (Lipinski definition) is 1. The Morgan fingerprint density at radius 1 is 1.14 bits per heavy atom. The molecule has 0 aliphatic rings. The second-order valence-electron chi connectivity index (χ2n) is 4.62. The highest BCUT2D eigenvalue weighted by Gasteiger charge is 2.05. The first-order valence-corrected chi connectivity index (χ1v) is 7.34. The monoisotopic (exact) mass is 300 g/mol. The zero-order valence-corrected chi connectivity index (χ0v) is 12.6. The molecule has 0 fully saturated rings. The Kier molecular flexibility index (Phi) is 6.23. The predicted octanol–water partition coefficient (Wildman–Crippen LogP) is 3.28. The summed E-state index contributed by atoms with van der Waals surface area (Å²) < 4.78 is 11.2. The number of nitrogens with zero attached hydrogens (tertiary/aromatic N) is 1. The van der Waals surface area contributed by atoms with E-state index in [1.54, 1.807) is 24.5 Å². The zero-order chi connectivity index (χ0) is 15.6. The normalized spacial score (nSPS) is 10.0. The molecule has 0 unspecified atom stereocenters. The summed E-state index contributed by atoms with van der Waals surface area (Å²) in [6, 6.07) is 11.1. The van der Waals surface area contributed by atoms with E-state index >= 15 is 0 Å². The molecule has 1 N–H and O–H groups in total. The fraction of sp³-hybridized carbons (Fsp3) is 0.294. The molecule has 0 aliphatic carbocycles. The van der Waals surface area contributed by atoms with Gasteiger partial charge in [0.1, 0.15) is 0 Å². The maximum absolute atomic E-state index is 11.8. The van der Waals surface area contributed by atoms with E-state index in [4.69, 9.17) is 9.47 Å². The van der Waals surface area contributed by atoms with Crippen molar-refractivity contribution in [3.8, 4) is 11.5 Å². The van der Waals surface area contributed by atoms with Crippen LogP contribution >= 0.6 is 0 Å². The fourth-order valence-electron chi connectivity index (χ4n) is 1.92. The number of amides is 1. The molecule has 0 atom stereocenters. The van der Waals surface area contributed by atoms with Crippen molar-refractivity contribution < 1.29 is 14.3 Å². The second-order valence-corrected chi connectivity index (χ2v) is 4.62. The van der Waals surface area contributed by atoms with Crippen LogP contribution in [0.4, 0.5) is 5.69 Å². The molecule has 1 aromatic heterocycles. The molecule has 5 nitrogen and oxygen atoms in total. The minimum atomic E-state index is -0.0466. The standard InChI is InChI=1S/C17H20N2O3/c1-2-21-15-8-3-4-9-16(15)22-12-6-10-17(20)19-14-7-5-11-18-13-14/h3-5,7-9,11,13H,2,6,10,12H2,1H3,(H,19,20). The lowest BCUT2D eigenvalue weighted by molar-refractivity contribution is -0.116. The van der Waals surface area contributed by atoms with Crippen LogP contribution in [0.2, 0.25) is 0 Å². The molecule has 1 aromatic carbocycles. The van der Waals surface area contributed by atoms with Crippen LogP contribution in [0.15, 0.2) is 48.8 Å². The molecule has 0 radical (unpaired) electrons. The number of carbonyl (C=O) groups is 1. The average molecular weight is 300 g/mol. The molecule has 5 heteroatoms. The van der Waals surface area contributed by atoms with Crippen LogP contribution in [-0.2, 0) is 4.79 Å². The van der Waals surface area contributed by atoms with E-state index in [0.717, 1.165) is 5.75 Å². The van der Waals surface area contributed by atoms with Crippen molar-refractivity contribution in [2.24, 2.45) is 0 Å². The van der Waals surface area contributed by atoms with Gasteiger partial charge in [-0.15, -0.1) is 0 Å². The summed E-state index contributed by atoms with van der Waals surface area (Å²) in [7, 11) is 0. The molecule has 0 aliphatic heterocycles. The van der Waals surface area contributed by atoms with E-state index in [1.165, 1.54) is 0 Å². The Balaban J connectivity index is 1.72. The number of anilines is 1. The number of carbonyl (C=O) groups excluding carboxylic acids is 1. The summed E-state index contributed by atoms with van der Waals surface area (Å²) in [6.07, 6.45) is 4.31. The molecule has 0 saturated carbocycles. The number of pyridine rings is 1. The van der Waals surface area contributed by atoms with Gasteiger partial charge in [0, 0.05) is 12.6 Å². The highest BCUT2D eigenvalue weighted by molar-refractivity contribution is 5.90. The van der Waals surface area contributed by atoms with Gasteiger partial charge in [0.05, 0.1) is 25.1 Å². The van der Waals surface area contributed by atoms with Gasteiger partial charge in [0.15, 0.2) is 11.5 Å². The van der Waals surface area contributed by atoms with Crippen LogP contribution in [0, 0.1) is 0 Å². The molecular formula is C17H20N2O3. The molecule has 22 heavy (non-hydrogen) atoms. The number of nitrogens with one attached hydrogen (secondary N) is 1. The van der Waals surface area contributed by atoms with Gasteiger partial charge in [-0.25, -0.2) is 0 Å². The van der Waals surface area contributed by atoms with E-state index in [9.17, 15) is 4.79 Å². The number of benzene rings is 1. The third-order valence-corrected chi connectivity index (χ3v) is 2.90. The van der Waals surface area contributed by atoms with Crippen molar-refractivity contribution >= 4 is 11.6 Å². The number of aromatic nitrogens is 1. The Hall–Kier alpha value is -2.56. The minimum Gasteiger partial charge on any atom is -0.490 e. The summed E-state index contributed by atoms with van der Waals surface area (Å²) in [6.45, 7) is 2.98. The number of rotatable bonds is 8. The molecular weight excluding hydrogens is 280 g/mol. The number of ether oxygens (including phenoxy) is 2. The Morgan fingerprint density at radius 3 is 2.59 bits per heavy atom. The maximum Gasteiger partial charge on any atom is 0.224 e. The van der Waals surface area contributed by atoms with Gasteiger partial charge in [-0.05, 0) is 37.6 Å². The van der Waals surface area contributed by atoms with E-state index in [-0.39, 0.29) is 5.91 Å². The molecule has 0 bridgehead atoms. The predicted molar refractivity (Wildman–Crippen MR) is 85.2 cm³/mol. The van der Waals surface area contributed by atoms with Crippen LogP contribution in [0.25, 0.3) is 0 Å². The van der Waals surface area contributed by atoms with Crippen molar-refractivity contribution in [2.45, 2.75) is 19.8 Å². The van der Waals surface area contributed by atoms with Crippen molar-refractivity contribution in [1.82, 2.24) is 4.98 Å². The van der Waals surface area contributed by atoms with Crippen LogP contribution in [0.1, 0.15) is 19.8 Å². The first-order chi connectivity index (χ1) is 10.8. The first kappa shape index (κ1) is 15.8. The highest BCUT2D eigenvalue weighted by Crippen LogP contribution is 2.26. The zero-order valence-electron chi connectivity index (χ0n) is 12.6. The Morgan fingerprint density at radius 2 is 1.91 bits per heavy atom. The van der Waals surface area contributed by atoms with Gasteiger partial charge in [0.25, 0.3) is 0 Å². The molecule has 0 spiro atoms. The molecule has 116 valence electrons. The summed E-state index contributed by atoms with van der Waals surface area (Å²) in [4.78, 5) is 15.7. The van der Waals surface area contributed by atoms with Crippen LogP contribution in [-0.4, -0.2) is 24.1 Å². The largest absolute Gasteiger partial charge is 0.490 e. The quantitative estimate of drug-likeness (QED) is 0.760. The summed E-state index contributed by atoms with van der Waals surface area (Å²) in [5, 5.41) is 2.79.